The van der Waals surface area contributed by atoms with Crippen LogP contribution in [0, 0.1) is 39.0 Å². The van der Waals surface area contributed by atoms with Crippen LogP contribution < -0.4 is 0 Å². The molecular weight excluding hydrogens is 681 g/mol. The van der Waals surface area contributed by atoms with E-state index in [2.05, 4.69) is 173 Å². The number of aryl methyl sites for hydroxylation is 4. The number of hydrogen-bond acceptors (Lipinski definition) is 4. The third kappa shape index (κ3) is 6.61. The van der Waals surface area contributed by atoms with E-state index in [9.17, 15) is 5.26 Å². The van der Waals surface area contributed by atoms with Gasteiger partial charge < -0.3 is 0 Å². The van der Waals surface area contributed by atoms with E-state index in [4.69, 9.17) is 15.0 Å². The maximum atomic E-state index is 10.4. The van der Waals surface area contributed by atoms with Crippen molar-refractivity contribution in [3.8, 4) is 73.6 Å². The molecule has 0 atom stereocenters. The monoisotopic (exact) mass is 718 g/mol. The largest absolute Gasteiger partial charge is 0.208 e. The minimum Gasteiger partial charge on any atom is -0.208 e. The number of rotatable bonds is 6. The number of nitrogens with zero attached hydrogens (tertiary/aromatic N) is 4. The first-order valence-corrected chi connectivity index (χ1v) is 18.9. The molecule has 1 heterocycles. The van der Waals surface area contributed by atoms with Crippen LogP contribution in [0.5, 0.6) is 0 Å². The highest BCUT2D eigenvalue weighted by Gasteiger charge is 2.17. The molecule has 9 aromatic rings. The predicted octanol–water partition coefficient (Wildman–Crippen LogP) is 13.3. The Balaban J connectivity index is 1.15. The molecule has 4 nitrogen and oxygen atoms in total. The van der Waals surface area contributed by atoms with Gasteiger partial charge in [-0.25, -0.2) is 15.0 Å². The smallest absolute Gasteiger partial charge is 0.164 e. The summed E-state index contributed by atoms with van der Waals surface area (Å²) in [5, 5.41) is 15.3. The second-order valence-electron chi connectivity index (χ2n) is 14.8. The Labute approximate surface area is 327 Å². The van der Waals surface area contributed by atoms with Crippen LogP contribution in [0.4, 0.5) is 0 Å². The lowest BCUT2D eigenvalue weighted by molar-refractivity contribution is 1.07. The number of fused-ring (bicyclic) bond motifs is 3. The number of nitriles is 1. The lowest BCUT2D eigenvalue weighted by Gasteiger charge is -2.14. The predicted molar refractivity (Wildman–Crippen MR) is 231 cm³/mol. The molecule has 8 aromatic carbocycles. The minimum absolute atomic E-state index is 0.578. The quantitative estimate of drug-likeness (QED) is 0.161. The molecule has 4 heteroatoms. The highest BCUT2D eigenvalue weighted by Crippen LogP contribution is 2.38. The van der Waals surface area contributed by atoms with Gasteiger partial charge >= 0.3 is 0 Å². The molecule has 0 saturated carbocycles. The third-order valence-corrected chi connectivity index (χ3v) is 10.5. The van der Waals surface area contributed by atoms with Crippen LogP contribution in [0.2, 0.25) is 0 Å². The van der Waals surface area contributed by atoms with Gasteiger partial charge in [-0.05, 0) is 126 Å². The Morgan fingerprint density at radius 2 is 0.857 bits per heavy atom. The lowest BCUT2D eigenvalue weighted by Crippen LogP contribution is -2.01. The van der Waals surface area contributed by atoms with Crippen molar-refractivity contribution < 1.29 is 0 Å². The van der Waals surface area contributed by atoms with Gasteiger partial charge in [-0.3, -0.25) is 0 Å². The number of aromatic nitrogens is 3. The van der Waals surface area contributed by atoms with Crippen molar-refractivity contribution in [1.82, 2.24) is 15.0 Å². The molecule has 0 aliphatic heterocycles. The summed E-state index contributed by atoms with van der Waals surface area (Å²) in [6.45, 7) is 8.37. The van der Waals surface area contributed by atoms with Crippen molar-refractivity contribution in [3.05, 3.63) is 186 Å². The molecule has 0 unspecified atom stereocenters. The molecule has 0 spiro atoms. The Morgan fingerprint density at radius 3 is 1.50 bits per heavy atom. The van der Waals surface area contributed by atoms with Gasteiger partial charge in [0.15, 0.2) is 17.5 Å². The van der Waals surface area contributed by atoms with Crippen LogP contribution in [0.1, 0.15) is 27.8 Å². The molecule has 0 aliphatic rings. The van der Waals surface area contributed by atoms with Gasteiger partial charge in [0.05, 0.1) is 11.6 Å². The summed E-state index contributed by atoms with van der Waals surface area (Å²) in [4.78, 5) is 15.1. The van der Waals surface area contributed by atoms with Crippen molar-refractivity contribution in [1.29, 1.82) is 5.26 Å². The van der Waals surface area contributed by atoms with E-state index in [1.807, 2.05) is 18.2 Å². The summed E-state index contributed by atoms with van der Waals surface area (Å²) in [6, 6.07) is 57.7. The molecule has 0 fully saturated rings. The van der Waals surface area contributed by atoms with Crippen LogP contribution in [0.15, 0.2) is 158 Å². The lowest BCUT2D eigenvalue weighted by atomic mass is 9.89. The fourth-order valence-corrected chi connectivity index (χ4v) is 8.01. The molecule has 266 valence electrons. The summed E-state index contributed by atoms with van der Waals surface area (Å²) < 4.78 is 0. The minimum atomic E-state index is 0.578. The molecule has 0 saturated heterocycles. The first kappa shape index (κ1) is 34.5. The van der Waals surface area contributed by atoms with Crippen LogP contribution in [-0.2, 0) is 0 Å². The molecule has 0 amide bonds. The highest BCUT2D eigenvalue weighted by molar-refractivity contribution is 6.08. The van der Waals surface area contributed by atoms with E-state index in [0.29, 0.717) is 23.0 Å². The van der Waals surface area contributed by atoms with Gasteiger partial charge in [0, 0.05) is 22.3 Å². The molecule has 0 bridgehead atoms. The van der Waals surface area contributed by atoms with Crippen LogP contribution in [0.3, 0.4) is 0 Å². The zero-order valence-corrected chi connectivity index (χ0v) is 31.8. The number of benzene rings is 8. The normalized spacial score (nSPS) is 11.2. The Hall–Kier alpha value is -7.22. The zero-order valence-electron chi connectivity index (χ0n) is 31.8. The summed E-state index contributed by atoms with van der Waals surface area (Å²) in [6.07, 6.45) is 0. The van der Waals surface area contributed by atoms with Crippen LogP contribution in [0.25, 0.3) is 89.1 Å². The summed E-state index contributed by atoms with van der Waals surface area (Å²) in [5.74, 6) is 1.83. The summed E-state index contributed by atoms with van der Waals surface area (Å²) in [7, 11) is 0. The SMILES string of the molecule is Cc1cc(C)cc(-c2nc(-c3cc(C)cc(C)c3)nc(-c3cccc(-c4cc(-c5ccccc5-c5ccc6c(ccc7ccccc76)c5)ccc4C#N)c3)n2)c1. The molecule has 56 heavy (non-hydrogen) atoms. The molecule has 9 rings (SSSR count). The van der Waals surface area contributed by atoms with Crippen LogP contribution in [-0.4, -0.2) is 15.0 Å². The van der Waals surface area contributed by atoms with Crippen molar-refractivity contribution in [2.45, 2.75) is 27.7 Å². The highest BCUT2D eigenvalue weighted by atomic mass is 15.0. The molecular formula is C52H38N4. The van der Waals surface area contributed by atoms with E-state index in [1.54, 1.807) is 0 Å². The second-order valence-corrected chi connectivity index (χ2v) is 14.8. The van der Waals surface area contributed by atoms with Gasteiger partial charge in [-0.15, -0.1) is 0 Å². The van der Waals surface area contributed by atoms with Gasteiger partial charge in [0.25, 0.3) is 0 Å². The Kier molecular flexibility index (Phi) is 8.76. The molecule has 0 radical (unpaired) electrons. The summed E-state index contributed by atoms with van der Waals surface area (Å²) in [5.41, 5.74) is 14.1. The maximum Gasteiger partial charge on any atom is 0.164 e. The first-order valence-electron chi connectivity index (χ1n) is 18.9. The molecule has 1 aromatic heterocycles. The fraction of sp³-hybridized carbons (Fsp3) is 0.0769. The van der Waals surface area contributed by atoms with E-state index in [-0.39, 0.29) is 0 Å². The molecule has 0 aliphatic carbocycles. The van der Waals surface area contributed by atoms with Crippen molar-refractivity contribution in [2.75, 3.05) is 0 Å². The average Bonchev–Trinajstić information content (AvgIpc) is 3.22. The third-order valence-electron chi connectivity index (χ3n) is 10.5. The van der Waals surface area contributed by atoms with E-state index in [1.165, 1.54) is 21.5 Å². The van der Waals surface area contributed by atoms with Gasteiger partial charge in [0.2, 0.25) is 0 Å². The van der Waals surface area contributed by atoms with E-state index < -0.39 is 0 Å². The maximum absolute atomic E-state index is 10.4. The van der Waals surface area contributed by atoms with Crippen molar-refractivity contribution in [3.63, 3.8) is 0 Å². The Bertz CT molecular complexity index is 2930. The topological polar surface area (TPSA) is 62.5 Å². The average molecular weight is 719 g/mol. The van der Waals surface area contributed by atoms with Gasteiger partial charge in [-0.2, -0.15) is 5.26 Å². The first-order chi connectivity index (χ1) is 27.3. The zero-order chi connectivity index (χ0) is 38.3. The van der Waals surface area contributed by atoms with Crippen LogP contribution >= 0.6 is 0 Å². The van der Waals surface area contributed by atoms with E-state index >= 15 is 0 Å². The molecule has 0 N–H and O–H groups in total. The number of hydrogen-bond donors (Lipinski definition) is 0. The van der Waals surface area contributed by atoms with E-state index in [0.717, 1.165) is 72.3 Å². The second kappa shape index (κ2) is 14.2. The van der Waals surface area contributed by atoms with Crippen molar-refractivity contribution >= 4 is 21.5 Å². The Morgan fingerprint density at radius 1 is 0.357 bits per heavy atom. The van der Waals surface area contributed by atoms with Crippen molar-refractivity contribution in [2.24, 2.45) is 0 Å². The fourth-order valence-electron chi connectivity index (χ4n) is 8.01. The summed E-state index contributed by atoms with van der Waals surface area (Å²) >= 11 is 0. The standard InChI is InChI=1S/C52H38N4/c1-32-22-33(2)25-43(24-32)51-54-50(55-52(56-51)44-26-34(3)23-35(4)27-44)41-12-9-11-37(29-41)49-30-40(18-19-42(49)31-53)47-15-8-7-14-46(47)39-20-21-48-38(28-39)17-16-36-10-5-6-13-45(36)48/h5-30H,1-4H3. The van der Waals surface area contributed by atoms with Gasteiger partial charge in [0.1, 0.15) is 0 Å². The van der Waals surface area contributed by atoms with Gasteiger partial charge in [-0.1, -0.05) is 131 Å².